The molecule has 2 aromatic rings. The number of benzene rings is 2. The molecule has 1 saturated heterocycles. The second kappa shape index (κ2) is 13.1. The van der Waals surface area contributed by atoms with Crippen molar-refractivity contribution in [3.8, 4) is 0 Å². The standard InChI is InChI=1S/C28H40N4O2/c1-4-5-6-10-22-11-13-23(14-12-22)27(33)30-24-15-16-26(32-19-7-8-20-32)25(21-24)28(34)29-17-9-18-31(2)3/h11-16,21H,4-10,17-20H2,1-3H3,(H,29,34)(H,30,33). The zero-order valence-corrected chi connectivity index (χ0v) is 21.0. The van der Waals surface area contributed by atoms with E-state index in [-0.39, 0.29) is 11.8 Å². The molecule has 1 heterocycles. The average Bonchev–Trinajstić information content (AvgIpc) is 3.37. The molecule has 0 unspecified atom stereocenters. The molecule has 0 aromatic heterocycles. The van der Waals surface area contributed by atoms with E-state index in [0.29, 0.717) is 23.4 Å². The molecule has 0 radical (unpaired) electrons. The van der Waals surface area contributed by atoms with E-state index in [9.17, 15) is 9.59 Å². The van der Waals surface area contributed by atoms with Crippen molar-refractivity contribution in [2.45, 2.75) is 51.9 Å². The fourth-order valence-electron chi connectivity index (χ4n) is 4.33. The predicted octanol–water partition coefficient (Wildman–Crippen LogP) is 4.95. The summed E-state index contributed by atoms with van der Waals surface area (Å²) in [4.78, 5) is 30.3. The van der Waals surface area contributed by atoms with E-state index >= 15 is 0 Å². The lowest BCUT2D eigenvalue weighted by atomic mass is 10.0. The van der Waals surface area contributed by atoms with Crippen LogP contribution < -0.4 is 15.5 Å². The molecule has 3 rings (SSSR count). The summed E-state index contributed by atoms with van der Waals surface area (Å²) in [5.41, 5.74) is 4.08. The molecule has 6 heteroatoms. The minimum Gasteiger partial charge on any atom is -0.371 e. The van der Waals surface area contributed by atoms with E-state index in [4.69, 9.17) is 0 Å². The van der Waals surface area contributed by atoms with Gasteiger partial charge in [0.25, 0.3) is 11.8 Å². The first kappa shape index (κ1) is 25.8. The Kier molecular flexibility index (Phi) is 9.95. The number of nitrogens with zero attached hydrogens (tertiary/aromatic N) is 2. The number of anilines is 2. The molecule has 1 fully saturated rings. The number of carbonyl (C=O) groups excluding carboxylic acids is 2. The van der Waals surface area contributed by atoms with Crippen molar-refractivity contribution < 1.29 is 9.59 Å². The highest BCUT2D eigenvalue weighted by Gasteiger charge is 2.20. The van der Waals surface area contributed by atoms with Gasteiger partial charge >= 0.3 is 0 Å². The van der Waals surface area contributed by atoms with E-state index in [2.05, 4.69) is 27.4 Å². The molecule has 34 heavy (non-hydrogen) atoms. The van der Waals surface area contributed by atoms with Crippen molar-refractivity contribution in [3.63, 3.8) is 0 Å². The van der Waals surface area contributed by atoms with Gasteiger partial charge in [0.1, 0.15) is 0 Å². The number of nitrogens with one attached hydrogen (secondary N) is 2. The maximum absolute atomic E-state index is 13.1. The van der Waals surface area contributed by atoms with Gasteiger partial charge in [-0.2, -0.15) is 0 Å². The van der Waals surface area contributed by atoms with Gasteiger partial charge in [-0.1, -0.05) is 31.9 Å². The van der Waals surface area contributed by atoms with Gasteiger partial charge in [0.05, 0.1) is 5.56 Å². The van der Waals surface area contributed by atoms with Crippen LogP contribution in [0.1, 0.15) is 71.7 Å². The summed E-state index contributed by atoms with van der Waals surface area (Å²) in [5, 5.41) is 6.03. The zero-order valence-electron chi connectivity index (χ0n) is 21.0. The number of hydrogen-bond acceptors (Lipinski definition) is 4. The lowest BCUT2D eigenvalue weighted by Crippen LogP contribution is -2.29. The summed E-state index contributed by atoms with van der Waals surface area (Å²) in [6, 6.07) is 13.5. The van der Waals surface area contributed by atoms with Crippen LogP contribution in [0.4, 0.5) is 11.4 Å². The number of unbranched alkanes of at least 4 members (excludes halogenated alkanes) is 2. The largest absolute Gasteiger partial charge is 0.371 e. The van der Waals surface area contributed by atoms with Crippen LogP contribution in [-0.4, -0.2) is 57.0 Å². The van der Waals surface area contributed by atoms with Crippen LogP contribution in [-0.2, 0) is 6.42 Å². The zero-order chi connectivity index (χ0) is 24.3. The first-order chi connectivity index (χ1) is 16.5. The molecule has 184 valence electrons. The molecule has 1 aliphatic rings. The monoisotopic (exact) mass is 464 g/mol. The van der Waals surface area contributed by atoms with E-state index < -0.39 is 0 Å². The Hall–Kier alpha value is -2.86. The van der Waals surface area contributed by atoms with Crippen molar-refractivity contribution in [1.29, 1.82) is 0 Å². The van der Waals surface area contributed by atoms with Gasteiger partial charge in [0, 0.05) is 36.6 Å². The molecule has 6 nitrogen and oxygen atoms in total. The third-order valence-corrected chi connectivity index (χ3v) is 6.30. The summed E-state index contributed by atoms with van der Waals surface area (Å²) in [7, 11) is 4.05. The van der Waals surface area contributed by atoms with Gasteiger partial charge in [0.2, 0.25) is 0 Å². The molecule has 0 atom stereocenters. The van der Waals surface area contributed by atoms with Crippen LogP contribution in [0.15, 0.2) is 42.5 Å². The number of amides is 2. The number of carbonyl (C=O) groups is 2. The maximum Gasteiger partial charge on any atom is 0.255 e. The smallest absolute Gasteiger partial charge is 0.255 e. The Balaban J connectivity index is 1.69. The number of rotatable bonds is 12. The molecule has 0 spiro atoms. The van der Waals surface area contributed by atoms with E-state index in [1.807, 2.05) is 56.6 Å². The Bertz CT molecular complexity index is 934. The SMILES string of the molecule is CCCCCc1ccc(C(=O)Nc2ccc(N3CCCC3)c(C(=O)NCCCN(C)C)c2)cc1. The van der Waals surface area contributed by atoms with Crippen LogP contribution in [0.2, 0.25) is 0 Å². The fourth-order valence-corrected chi connectivity index (χ4v) is 4.33. The lowest BCUT2D eigenvalue weighted by molar-refractivity contribution is 0.0951. The van der Waals surface area contributed by atoms with Crippen molar-refractivity contribution in [2.24, 2.45) is 0 Å². The van der Waals surface area contributed by atoms with E-state index in [1.165, 1.54) is 24.8 Å². The quantitative estimate of drug-likeness (QED) is 0.436. The number of aryl methyl sites for hydroxylation is 1. The molecule has 2 N–H and O–H groups in total. The van der Waals surface area contributed by atoms with E-state index in [1.54, 1.807) is 0 Å². The first-order valence-electron chi connectivity index (χ1n) is 12.7. The fraction of sp³-hybridized carbons (Fsp3) is 0.500. The molecule has 2 amide bonds. The van der Waals surface area contributed by atoms with Gasteiger partial charge in [0.15, 0.2) is 0 Å². The first-order valence-corrected chi connectivity index (χ1v) is 12.7. The molecular weight excluding hydrogens is 424 g/mol. The number of hydrogen-bond donors (Lipinski definition) is 2. The third-order valence-electron chi connectivity index (χ3n) is 6.30. The molecule has 0 saturated carbocycles. The van der Waals surface area contributed by atoms with Crippen molar-refractivity contribution in [2.75, 3.05) is 50.5 Å². The predicted molar refractivity (Wildman–Crippen MR) is 141 cm³/mol. The van der Waals surface area contributed by atoms with E-state index in [0.717, 1.165) is 51.0 Å². The highest BCUT2D eigenvalue weighted by atomic mass is 16.2. The van der Waals surface area contributed by atoms with Crippen LogP contribution in [0, 0.1) is 0 Å². The maximum atomic E-state index is 13.1. The van der Waals surface area contributed by atoms with Crippen LogP contribution in [0.5, 0.6) is 0 Å². The summed E-state index contributed by atoms with van der Waals surface area (Å²) in [6.45, 7) is 5.66. The van der Waals surface area contributed by atoms with Crippen molar-refractivity contribution in [3.05, 3.63) is 59.2 Å². The normalized spacial score (nSPS) is 13.4. The van der Waals surface area contributed by atoms with Gasteiger partial charge in [-0.3, -0.25) is 9.59 Å². The summed E-state index contributed by atoms with van der Waals surface area (Å²) < 4.78 is 0. The Morgan fingerprint density at radius 2 is 1.68 bits per heavy atom. The molecule has 0 aliphatic carbocycles. The minimum atomic E-state index is -0.161. The Labute approximate surface area is 204 Å². The van der Waals surface area contributed by atoms with Gasteiger partial charge in [-0.25, -0.2) is 0 Å². The van der Waals surface area contributed by atoms with Gasteiger partial charge < -0.3 is 20.4 Å². The highest BCUT2D eigenvalue weighted by molar-refractivity contribution is 6.06. The second-order valence-electron chi connectivity index (χ2n) is 9.45. The average molecular weight is 465 g/mol. The van der Waals surface area contributed by atoms with Crippen LogP contribution >= 0.6 is 0 Å². The third kappa shape index (κ3) is 7.59. The van der Waals surface area contributed by atoms with Gasteiger partial charge in [-0.15, -0.1) is 0 Å². The van der Waals surface area contributed by atoms with Crippen LogP contribution in [0.25, 0.3) is 0 Å². The lowest BCUT2D eigenvalue weighted by Gasteiger charge is -2.22. The molecule has 1 aliphatic heterocycles. The molecular formula is C28H40N4O2. The van der Waals surface area contributed by atoms with Crippen molar-refractivity contribution >= 4 is 23.2 Å². The summed E-state index contributed by atoms with van der Waals surface area (Å²) in [6.07, 6.45) is 7.80. The second-order valence-corrected chi connectivity index (χ2v) is 9.45. The topological polar surface area (TPSA) is 64.7 Å². The molecule has 0 bridgehead atoms. The van der Waals surface area contributed by atoms with Crippen molar-refractivity contribution in [1.82, 2.24) is 10.2 Å². The minimum absolute atomic E-state index is 0.0896. The molecule has 2 aromatic carbocycles. The van der Waals surface area contributed by atoms with Crippen LogP contribution in [0.3, 0.4) is 0 Å². The Morgan fingerprint density at radius 3 is 2.35 bits per heavy atom. The summed E-state index contributed by atoms with van der Waals surface area (Å²) >= 11 is 0. The summed E-state index contributed by atoms with van der Waals surface area (Å²) in [5.74, 6) is -0.250. The van der Waals surface area contributed by atoms with Gasteiger partial charge in [-0.05, 0) is 88.6 Å². The Morgan fingerprint density at radius 1 is 0.941 bits per heavy atom. The highest BCUT2D eigenvalue weighted by Crippen LogP contribution is 2.28.